The van der Waals surface area contributed by atoms with Crippen LogP contribution in [0.25, 0.3) is 61.6 Å². The Bertz CT molecular complexity index is 2540. The molecule has 4 nitrogen and oxygen atoms in total. The van der Waals surface area contributed by atoms with Crippen molar-refractivity contribution in [1.82, 2.24) is 14.5 Å². The number of phenolic OH excluding ortho intramolecular Hbond substituents is 1. The van der Waals surface area contributed by atoms with E-state index in [1.165, 1.54) is 22.3 Å². The summed E-state index contributed by atoms with van der Waals surface area (Å²) in [5.74, 6) is 0.900. The number of benzene rings is 5. The summed E-state index contributed by atoms with van der Waals surface area (Å²) < 4.78 is 2.34. The third-order valence-electron chi connectivity index (χ3n) is 10.8. The molecule has 0 aliphatic heterocycles. The number of fused-ring (bicyclic) bond motifs is 1. The Labute approximate surface area is 354 Å². The number of para-hydroxylation sites is 2. The molecule has 0 unspecified atom stereocenters. The average molecular weight is 934 g/mol. The molecular formula is C52H56N3OPt-. The van der Waals surface area contributed by atoms with Crippen LogP contribution in [-0.2, 0) is 42.7 Å². The molecule has 0 spiro atoms. The van der Waals surface area contributed by atoms with E-state index < -0.39 is 0 Å². The first kappa shape index (κ1) is 41.8. The van der Waals surface area contributed by atoms with E-state index in [0.29, 0.717) is 11.4 Å². The van der Waals surface area contributed by atoms with Gasteiger partial charge in [0, 0.05) is 33.0 Å². The van der Waals surface area contributed by atoms with Crippen molar-refractivity contribution in [3.05, 3.63) is 144 Å². The number of imidazole rings is 1. The number of aromatic nitrogens is 3. The van der Waals surface area contributed by atoms with Gasteiger partial charge in [-0.2, -0.15) is 0 Å². The molecule has 5 aromatic carbocycles. The van der Waals surface area contributed by atoms with Crippen molar-refractivity contribution in [1.29, 1.82) is 0 Å². The summed E-state index contributed by atoms with van der Waals surface area (Å²) in [5.41, 5.74) is 13.8. The van der Waals surface area contributed by atoms with Crippen LogP contribution < -0.4 is 0 Å². The molecular weight excluding hydrogens is 878 g/mol. The molecule has 0 amide bonds. The fourth-order valence-electron chi connectivity index (χ4n) is 7.55. The average Bonchev–Trinajstić information content (AvgIpc) is 3.52. The standard InChI is InChI=1S/C52H56N3O.Pt/c1-49(2,3)37-28-35(27-36(29-37)43-30-34(25-26-53-43)33-19-14-13-15-20-33)40-31-38(50(4,5)6)32-44-46(40)54-48(39-21-16-17-24-45(39)56)55(44)47-41(51(7,8)9)22-18-23-42(47)52(10,11)12;/h13-26,28-32,56H,1-12H3;/q-1;. The quantitative estimate of drug-likeness (QED) is 0.175. The largest absolute Gasteiger partial charge is 0.507 e. The first-order chi connectivity index (χ1) is 26.2. The summed E-state index contributed by atoms with van der Waals surface area (Å²) in [6.45, 7) is 27.2. The maximum absolute atomic E-state index is 11.5. The second-order valence-electron chi connectivity index (χ2n) is 19.4. The van der Waals surface area contributed by atoms with Crippen molar-refractivity contribution in [2.24, 2.45) is 0 Å². The molecule has 1 N–H and O–H groups in total. The molecule has 7 aromatic rings. The number of pyridine rings is 1. The Morgan fingerprint density at radius 3 is 1.72 bits per heavy atom. The fourth-order valence-corrected chi connectivity index (χ4v) is 7.55. The van der Waals surface area contributed by atoms with Crippen molar-refractivity contribution in [3.8, 4) is 56.3 Å². The van der Waals surface area contributed by atoms with Gasteiger partial charge in [0.05, 0.1) is 22.3 Å². The van der Waals surface area contributed by atoms with Crippen LogP contribution in [-0.4, -0.2) is 19.6 Å². The molecule has 0 aliphatic carbocycles. The minimum Gasteiger partial charge on any atom is -0.507 e. The molecule has 0 atom stereocenters. The predicted molar refractivity (Wildman–Crippen MR) is 236 cm³/mol. The Kier molecular flexibility index (Phi) is 11.1. The van der Waals surface area contributed by atoms with Gasteiger partial charge in [0.1, 0.15) is 11.6 Å². The third-order valence-corrected chi connectivity index (χ3v) is 10.8. The van der Waals surface area contributed by atoms with Gasteiger partial charge in [-0.1, -0.05) is 167 Å². The van der Waals surface area contributed by atoms with Crippen LogP contribution in [0.2, 0.25) is 0 Å². The molecule has 0 fully saturated rings. The zero-order valence-electron chi connectivity index (χ0n) is 35.6. The first-order valence-electron chi connectivity index (χ1n) is 19.8. The van der Waals surface area contributed by atoms with Gasteiger partial charge in [-0.05, 0) is 73.7 Å². The number of hydrogen-bond acceptors (Lipinski definition) is 3. The summed E-state index contributed by atoms with van der Waals surface area (Å²) in [6.07, 6.45) is 1.90. The SMILES string of the molecule is CC(C)(C)c1cc(-c2cc(-c3ccccc3)ccn2)[c-]c(-c2cc(C(C)(C)C)cc3c2nc(-c2ccccc2O)n3-c2c(C(C)(C)C)cccc2C(C)(C)C)c1.[Pt]. The van der Waals surface area contributed by atoms with Crippen LogP contribution in [0, 0.1) is 6.07 Å². The van der Waals surface area contributed by atoms with E-state index in [0.717, 1.165) is 50.2 Å². The van der Waals surface area contributed by atoms with Crippen molar-refractivity contribution in [2.45, 2.75) is 105 Å². The molecule has 296 valence electrons. The molecule has 0 saturated heterocycles. The monoisotopic (exact) mass is 933 g/mol. The van der Waals surface area contributed by atoms with Crippen LogP contribution in [0.15, 0.2) is 115 Å². The maximum atomic E-state index is 11.5. The van der Waals surface area contributed by atoms with Crippen LogP contribution in [0.1, 0.15) is 105 Å². The van der Waals surface area contributed by atoms with E-state index >= 15 is 0 Å². The molecule has 0 aliphatic rings. The Hall–Kier alpha value is -4.79. The maximum Gasteiger partial charge on any atom is 0.148 e. The van der Waals surface area contributed by atoms with Gasteiger partial charge in [-0.3, -0.25) is 9.55 Å². The van der Waals surface area contributed by atoms with Gasteiger partial charge in [0.2, 0.25) is 0 Å². The number of phenols is 1. The van der Waals surface area contributed by atoms with Gasteiger partial charge in [0.25, 0.3) is 0 Å². The van der Waals surface area contributed by atoms with Crippen LogP contribution >= 0.6 is 0 Å². The van der Waals surface area contributed by atoms with Gasteiger partial charge >= 0.3 is 0 Å². The molecule has 7 rings (SSSR count). The molecule has 0 saturated carbocycles. The second kappa shape index (κ2) is 15.2. The van der Waals surface area contributed by atoms with E-state index in [1.54, 1.807) is 6.07 Å². The molecule has 57 heavy (non-hydrogen) atoms. The van der Waals surface area contributed by atoms with E-state index in [4.69, 9.17) is 9.97 Å². The zero-order chi connectivity index (χ0) is 40.4. The van der Waals surface area contributed by atoms with Crippen molar-refractivity contribution in [2.75, 3.05) is 0 Å². The van der Waals surface area contributed by atoms with Crippen LogP contribution in [0.3, 0.4) is 0 Å². The fraction of sp³-hybridized carbons (Fsp3) is 0.308. The second-order valence-corrected chi connectivity index (χ2v) is 19.4. The molecule has 2 heterocycles. The van der Waals surface area contributed by atoms with Gasteiger partial charge in [0.15, 0.2) is 0 Å². The van der Waals surface area contributed by atoms with E-state index in [-0.39, 0.29) is 48.5 Å². The van der Waals surface area contributed by atoms with Crippen molar-refractivity contribution < 1.29 is 26.2 Å². The van der Waals surface area contributed by atoms with Crippen LogP contribution in [0.4, 0.5) is 0 Å². The van der Waals surface area contributed by atoms with E-state index in [1.807, 2.05) is 30.5 Å². The number of rotatable bonds is 5. The summed E-state index contributed by atoms with van der Waals surface area (Å²) >= 11 is 0. The number of aromatic hydroxyl groups is 1. The number of nitrogens with zero attached hydrogens (tertiary/aromatic N) is 3. The summed E-state index contributed by atoms with van der Waals surface area (Å²) in [4.78, 5) is 10.5. The smallest absolute Gasteiger partial charge is 0.148 e. The minimum atomic E-state index is -0.182. The van der Waals surface area contributed by atoms with Gasteiger partial charge in [-0.25, -0.2) is 4.98 Å². The zero-order valence-corrected chi connectivity index (χ0v) is 37.8. The Balaban J connectivity index is 0.00000549. The Morgan fingerprint density at radius 2 is 1.12 bits per heavy atom. The van der Waals surface area contributed by atoms with Gasteiger partial charge < -0.3 is 5.11 Å². The van der Waals surface area contributed by atoms with Crippen molar-refractivity contribution in [3.63, 3.8) is 0 Å². The first-order valence-corrected chi connectivity index (χ1v) is 19.8. The third kappa shape index (κ3) is 8.30. The van der Waals surface area contributed by atoms with E-state index in [2.05, 4.69) is 173 Å². The minimum absolute atomic E-state index is 0. The molecule has 5 heteroatoms. The van der Waals surface area contributed by atoms with Gasteiger partial charge in [-0.15, -0.1) is 29.3 Å². The molecule has 0 bridgehead atoms. The van der Waals surface area contributed by atoms with Crippen LogP contribution in [0.5, 0.6) is 5.75 Å². The summed E-state index contributed by atoms with van der Waals surface area (Å²) in [5, 5.41) is 11.5. The summed E-state index contributed by atoms with van der Waals surface area (Å²) in [6, 6.07) is 42.0. The predicted octanol–water partition coefficient (Wildman–Crippen LogP) is 13.8. The Morgan fingerprint density at radius 1 is 0.544 bits per heavy atom. The number of hydrogen-bond donors (Lipinski definition) is 1. The topological polar surface area (TPSA) is 50.9 Å². The summed E-state index contributed by atoms with van der Waals surface area (Å²) in [7, 11) is 0. The normalized spacial score (nSPS) is 12.5. The van der Waals surface area contributed by atoms with Crippen molar-refractivity contribution >= 4 is 11.0 Å². The molecule has 0 radical (unpaired) electrons. The van der Waals surface area contributed by atoms with E-state index in [9.17, 15) is 5.11 Å². The molecule has 2 aromatic heterocycles.